The van der Waals surface area contributed by atoms with Crippen LogP contribution in [0.1, 0.15) is 49.3 Å². The first-order chi connectivity index (χ1) is 12.8. The molecule has 2 aromatic rings. The maximum absolute atomic E-state index is 12.6. The van der Waals surface area contributed by atoms with Gasteiger partial charge in [0.25, 0.3) is 0 Å². The van der Waals surface area contributed by atoms with E-state index in [4.69, 9.17) is 9.26 Å². The van der Waals surface area contributed by atoms with Gasteiger partial charge >= 0.3 is 6.18 Å². The molecule has 27 heavy (non-hydrogen) atoms. The van der Waals surface area contributed by atoms with Gasteiger partial charge in [-0.05, 0) is 20.8 Å². The van der Waals surface area contributed by atoms with Gasteiger partial charge in [-0.1, -0.05) is 5.16 Å². The van der Waals surface area contributed by atoms with Gasteiger partial charge in [0.05, 0.1) is 6.54 Å². The summed E-state index contributed by atoms with van der Waals surface area (Å²) in [6.07, 6.45) is -4.72. The van der Waals surface area contributed by atoms with Crippen LogP contribution < -0.4 is 10.6 Å². The SMILES string of the molecule is CCNC(=NCc1nc(C(C)OCC)no1)NCc1nc(C(F)(F)F)cs1. The van der Waals surface area contributed by atoms with Crippen molar-refractivity contribution in [2.45, 2.75) is 46.1 Å². The molecule has 0 saturated heterocycles. The van der Waals surface area contributed by atoms with E-state index in [2.05, 4.69) is 30.8 Å². The molecule has 0 bridgehead atoms. The minimum Gasteiger partial charge on any atom is -0.371 e. The molecular formula is C15H21F3N6O2S. The van der Waals surface area contributed by atoms with Crippen molar-refractivity contribution in [3.63, 3.8) is 0 Å². The Kier molecular flexibility index (Phi) is 7.54. The predicted molar refractivity (Wildman–Crippen MR) is 93.1 cm³/mol. The molecule has 2 N–H and O–H groups in total. The van der Waals surface area contributed by atoms with Crippen LogP contribution in [0.15, 0.2) is 14.9 Å². The summed E-state index contributed by atoms with van der Waals surface area (Å²) in [5.41, 5.74) is -0.895. The fraction of sp³-hybridized carbons (Fsp3) is 0.600. The number of rotatable bonds is 8. The quantitative estimate of drug-likeness (QED) is 0.514. The summed E-state index contributed by atoms with van der Waals surface area (Å²) in [5, 5.41) is 11.0. The van der Waals surface area contributed by atoms with Crippen LogP contribution in [0.3, 0.4) is 0 Å². The van der Waals surface area contributed by atoms with E-state index in [1.165, 1.54) is 0 Å². The molecule has 0 aliphatic rings. The van der Waals surface area contributed by atoms with Crippen molar-refractivity contribution < 1.29 is 22.4 Å². The average molecular weight is 406 g/mol. The molecule has 1 unspecified atom stereocenters. The molecule has 8 nitrogen and oxygen atoms in total. The second-order valence-corrected chi connectivity index (χ2v) is 6.26. The first kappa shape index (κ1) is 21.1. The average Bonchev–Trinajstić information content (AvgIpc) is 3.26. The third kappa shape index (κ3) is 6.47. The number of nitrogens with one attached hydrogen (secondary N) is 2. The van der Waals surface area contributed by atoms with Gasteiger partial charge in [0, 0.05) is 18.5 Å². The Labute approximate surface area is 158 Å². The lowest BCUT2D eigenvalue weighted by molar-refractivity contribution is -0.140. The van der Waals surface area contributed by atoms with Crippen LogP contribution in [0.2, 0.25) is 0 Å². The normalized spacial score (nSPS) is 13.6. The number of alkyl halides is 3. The number of hydrogen-bond acceptors (Lipinski definition) is 7. The zero-order valence-corrected chi connectivity index (χ0v) is 15.9. The molecule has 2 heterocycles. The summed E-state index contributed by atoms with van der Waals surface area (Å²) in [7, 11) is 0. The van der Waals surface area contributed by atoms with E-state index in [-0.39, 0.29) is 19.2 Å². The van der Waals surface area contributed by atoms with Gasteiger partial charge in [0.2, 0.25) is 5.89 Å². The van der Waals surface area contributed by atoms with Gasteiger partial charge in [-0.2, -0.15) is 18.2 Å². The number of thiazole rings is 1. The van der Waals surface area contributed by atoms with Crippen molar-refractivity contribution in [3.05, 3.63) is 27.8 Å². The van der Waals surface area contributed by atoms with Crippen LogP contribution in [-0.2, 0) is 24.0 Å². The molecular weight excluding hydrogens is 385 g/mol. The van der Waals surface area contributed by atoms with Crippen molar-refractivity contribution in [1.82, 2.24) is 25.8 Å². The van der Waals surface area contributed by atoms with Crippen LogP contribution in [-0.4, -0.2) is 34.2 Å². The van der Waals surface area contributed by atoms with Crippen LogP contribution in [0.25, 0.3) is 0 Å². The Bertz CT molecular complexity index is 746. The van der Waals surface area contributed by atoms with Gasteiger partial charge in [-0.25, -0.2) is 9.98 Å². The van der Waals surface area contributed by atoms with Crippen molar-refractivity contribution >= 4 is 17.3 Å². The summed E-state index contributed by atoms with van der Waals surface area (Å²) in [6.45, 7) is 6.90. The maximum Gasteiger partial charge on any atom is 0.434 e. The monoisotopic (exact) mass is 406 g/mol. The molecule has 0 fully saturated rings. The molecule has 0 saturated carbocycles. The van der Waals surface area contributed by atoms with E-state index in [0.717, 1.165) is 16.7 Å². The van der Waals surface area contributed by atoms with E-state index in [1.807, 2.05) is 20.8 Å². The standard InChI is InChI=1S/C15H21F3N6O2S/c1-4-19-14(21-7-12-22-10(8-27-12)15(16,17)18)20-6-11-23-13(24-26-11)9(3)25-5-2/h8-9H,4-7H2,1-3H3,(H2,19,20,21). The Morgan fingerprint density at radius 3 is 2.74 bits per heavy atom. The summed E-state index contributed by atoms with van der Waals surface area (Å²) in [6, 6.07) is 0. The van der Waals surface area contributed by atoms with E-state index in [9.17, 15) is 13.2 Å². The highest BCUT2D eigenvalue weighted by molar-refractivity contribution is 7.09. The summed E-state index contributed by atoms with van der Waals surface area (Å²) in [4.78, 5) is 12.1. The van der Waals surface area contributed by atoms with Crippen molar-refractivity contribution in [2.75, 3.05) is 13.2 Å². The van der Waals surface area contributed by atoms with E-state index < -0.39 is 11.9 Å². The van der Waals surface area contributed by atoms with E-state index in [0.29, 0.717) is 35.8 Å². The highest BCUT2D eigenvalue weighted by atomic mass is 32.1. The number of aliphatic imine (C=N–C) groups is 1. The number of aromatic nitrogens is 3. The van der Waals surface area contributed by atoms with Gasteiger partial charge in [-0.15, -0.1) is 11.3 Å². The largest absolute Gasteiger partial charge is 0.434 e. The third-order valence-corrected chi connectivity index (χ3v) is 4.08. The number of nitrogens with zero attached hydrogens (tertiary/aromatic N) is 4. The lowest BCUT2D eigenvalue weighted by atomic mass is 10.4. The number of ether oxygens (including phenoxy) is 1. The lowest BCUT2D eigenvalue weighted by Gasteiger charge is -2.09. The summed E-state index contributed by atoms with van der Waals surface area (Å²) < 4.78 is 48.3. The van der Waals surface area contributed by atoms with Crippen molar-refractivity contribution in [1.29, 1.82) is 0 Å². The molecule has 2 aromatic heterocycles. The molecule has 0 aliphatic carbocycles. The van der Waals surface area contributed by atoms with Crippen LogP contribution >= 0.6 is 11.3 Å². The van der Waals surface area contributed by atoms with Crippen LogP contribution in [0.5, 0.6) is 0 Å². The molecule has 2 rings (SSSR count). The summed E-state index contributed by atoms with van der Waals surface area (Å²) in [5.74, 6) is 1.14. The highest BCUT2D eigenvalue weighted by Crippen LogP contribution is 2.29. The second-order valence-electron chi connectivity index (χ2n) is 5.32. The van der Waals surface area contributed by atoms with E-state index in [1.54, 1.807) is 0 Å². The zero-order valence-electron chi connectivity index (χ0n) is 15.1. The van der Waals surface area contributed by atoms with E-state index >= 15 is 0 Å². The Morgan fingerprint density at radius 1 is 1.33 bits per heavy atom. The highest BCUT2D eigenvalue weighted by Gasteiger charge is 2.33. The smallest absolute Gasteiger partial charge is 0.371 e. The molecule has 0 aliphatic heterocycles. The van der Waals surface area contributed by atoms with Gasteiger partial charge in [-0.3, -0.25) is 0 Å². The van der Waals surface area contributed by atoms with Gasteiger partial charge in [0.15, 0.2) is 17.5 Å². The Hall–Kier alpha value is -2.21. The Morgan fingerprint density at radius 2 is 2.11 bits per heavy atom. The fourth-order valence-corrected chi connectivity index (χ4v) is 2.73. The zero-order chi connectivity index (χ0) is 19.9. The molecule has 0 aromatic carbocycles. The molecule has 0 spiro atoms. The predicted octanol–water partition coefficient (Wildman–Crippen LogP) is 2.90. The molecule has 150 valence electrons. The first-order valence-corrected chi connectivity index (χ1v) is 9.19. The number of halogens is 3. The van der Waals surface area contributed by atoms with Crippen LogP contribution in [0.4, 0.5) is 13.2 Å². The van der Waals surface area contributed by atoms with Crippen molar-refractivity contribution in [3.8, 4) is 0 Å². The topological polar surface area (TPSA) is 97.5 Å². The molecule has 0 amide bonds. The number of guanidine groups is 1. The minimum absolute atomic E-state index is 0.114. The molecule has 1 atom stereocenters. The van der Waals surface area contributed by atoms with Crippen LogP contribution in [0, 0.1) is 0 Å². The maximum atomic E-state index is 12.6. The first-order valence-electron chi connectivity index (χ1n) is 8.31. The van der Waals surface area contributed by atoms with Gasteiger partial charge < -0.3 is 19.9 Å². The lowest BCUT2D eigenvalue weighted by Crippen LogP contribution is -2.36. The second kappa shape index (κ2) is 9.65. The summed E-state index contributed by atoms with van der Waals surface area (Å²) >= 11 is 0.931. The fourth-order valence-electron chi connectivity index (χ4n) is 1.99. The third-order valence-electron chi connectivity index (χ3n) is 3.23. The van der Waals surface area contributed by atoms with Crippen molar-refractivity contribution in [2.24, 2.45) is 4.99 Å². The van der Waals surface area contributed by atoms with Gasteiger partial charge in [0.1, 0.15) is 17.7 Å². The number of hydrogen-bond donors (Lipinski definition) is 2. The molecule has 12 heteroatoms. The minimum atomic E-state index is -4.44. The Balaban J connectivity index is 1.95. The molecule has 0 radical (unpaired) electrons.